The minimum atomic E-state index is -0.969. The van der Waals surface area contributed by atoms with Gasteiger partial charge in [-0.3, -0.25) is 10.1 Å². The Morgan fingerprint density at radius 1 is 1.47 bits per heavy atom. The third-order valence-corrected chi connectivity index (χ3v) is 3.01. The Hall–Kier alpha value is -2.06. The van der Waals surface area contributed by atoms with Crippen molar-refractivity contribution in [2.75, 3.05) is 0 Å². The number of aliphatic carboxylic acids is 1. The molecule has 0 amide bonds. The monoisotopic (exact) mass is 232 g/mol. The fraction of sp³-hybridized carbons (Fsp3) is 0.333. The van der Waals surface area contributed by atoms with Crippen LogP contribution in [0.5, 0.6) is 5.75 Å². The lowest BCUT2D eigenvalue weighted by Crippen LogP contribution is -2.31. The van der Waals surface area contributed by atoms with Crippen LogP contribution in [0.2, 0.25) is 0 Å². The van der Waals surface area contributed by atoms with Gasteiger partial charge in [-0.15, -0.1) is 0 Å². The molecule has 0 bridgehead atoms. The van der Waals surface area contributed by atoms with Gasteiger partial charge >= 0.3 is 5.97 Å². The van der Waals surface area contributed by atoms with Gasteiger partial charge in [0.2, 0.25) is 0 Å². The first-order valence-corrected chi connectivity index (χ1v) is 5.30. The first-order valence-electron chi connectivity index (χ1n) is 5.30. The standard InChI is InChI=1S/C12H12N2O3/c13-6-7-5-9(12(16)17)14-11(7)8-3-1-2-4-10(8)15/h1-4,7,9,11,14-15H,5H2,(H,16,17)/t7?,9-,11?/m0/s1. The second-order valence-corrected chi connectivity index (χ2v) is 4.07. The second-order valence-electron chi connectivity index (χ2n) is 4.07. The average Bonchev–Trinajstić information content (AvgIpc) is 2.73. The lowest BCUT2D eigenvalue weighted by Gasteiger charge is -2.15. The molecule has 1 aromatic rings. The molecule has 5 nitrogen and oxygen atoms in total. The summed E-state index contributed by atoms with van der Waals surface area (Å²) in [5.41, 5.74) is 0.572. The lowest BCUT2D eigenvalue weighted by atomic mass is 9.94. The molecule has 0 spiro atoms. The molecule has 1 saturated heterocycles. The summed E-state index contributed by atoms with van der Waals surface area (Å²) in [6.07, 6.45) is 0.255. The SMILES string of the molecule is N#CC1C[C@@H](C(=O)O)NC1c1ccccc1O. The summed E-state index contributed by atoms with van der Waals surface area (Å²) >= 11 is 0. The van der Waals surface area contributed by atoms with E-state index < -0.39 is 24.0 Å². The van der Waals surface area contributed by atoms with Crippen LogP contribution in [-0.4, -0.2) is 22.2 Å². The van der Waals surface area contributed by atoms with Crippen molar-refractivity contribution >= 4 is 5.97 Å². The summed E-state index contributed by atoms with van der Waals surface area (Å²) in [6, 6.07) is 7.58. The van der Waals surface area contributed by atoms with E-state index in [1.54, 1.807) is 18.2 Å². The Kier molecular flexibility index (Phi) is 2.98. The maximum Gasteiger partial charge on any atom is 0.320 e. The number of phenols is 1. The highest BCUT2D eigenvalue weighted by Crippen LogP contribution is 2.36. The van der Waals surface area contributed by atoms with E-state index in [0.717, 1.165) is 0 Å². The van der Waals surface area contributed by atoms with Crippen molar-refractivity contribution in [3.05, 3.63) is 29.8 Å². The van der Waals surface area contributed by atoms with E-state index in [1.807, 2.05) is 0 Å². The van der Waals surface area contributed by atoms with Crippen molar-refractivity contribution in [1.82, 2.24) is 5.32 Å². The van der Waals surface area contributed by atoms with Crippen molar-refractivity contribution < 1.29 is 15.0 Å². The predicted octanol–water partition coefficient (Wildman–Crippen LogP) is 1.02. The molecule has 0 aliphatic carbocycles. The Bertz CT molecular complexity index is 481. The van der Waals surface area contributed by atoms with Gasteiger partial charge in [-0.05, 0) is 12.5 Å². The van der Waals surface area contributed by atoms with Crippen molar-refractivity contribution in [3.63, 3.8) is 0 Å². The van der Waals surface area contributed by atoms with Crippen molar-refractivity contribution in [1.29, 1.82) is 5.26 Å². The smallest absolute Gasteiger partial charge is 0.320 e. The van der Waals surface area contributed by atoms with Crippen LogP contribution in [0, 0.1) is 17.2 Å². The lowest BCUT2D eigenvalue weighted by molar-refractivity contribution is -0.139. The number of aromatic hydroxyl groups is 1. The number of hydrogen-bond acceptors (Lipinski definition) is 4. The number of nitrogens with one attached hydrogen (secondary N) is 1. The average molecular weight is 232 g/mol. The van der Waals surface area contributed by atoms with Crippen molar-refractivity contribution in [2.45, 2.75) is 18.5 Å². The molecular formula is C12H12N2O3. The molecule has 1 aromatic carbocycles. The molecule has 5 heteroatoms. The molecule has 88 valence electrons. The van der Waals surface area contributed by atoms with Crippen LogP contribution in [-0.2, 0) is 4.79 Å². The van der Waals surface area contributed by atoms with Crippen LogP contribution in [0.25, 0.3) is 0 Å². The Balaban J connectivity index is 2.30. The third kappa shape index (κ3) is 2.08. The van der Waals surface area contributed by atoms with Gasteiger partial charge in [0.1, 0.15) is 11.8 Å². The maximum atomic E-state index is 10.9. The predicted molar refractivity (Wildman–Crippen MR) is 59.1 cm³/mol. The molecule has 0 saturated carbocycles. The molecule has 3 atom stereocenters. The largest absolute Gasteiger partial charge is 0.508 e. The molecule has 0 radical (unpaired) electrons. The number of rotatable bonds is 2. The number of nitriles is 1. The summed E-state index contributed by atoms with van der Waals surface area (Å²) in [4.78, 5) is 10.9. The van der Waals surface area contributed by atoms with Gasteiger partial charge in [0, 0.05) is 5.56 Å². The minimum absolute atomic E-state index is 0.0799. The summed E-state index contributed by atoms with van der Waals surface area (Å²) in [6.45, 7) is 0. The van der Waals surface area contributed by atoms with Crippen LogP contribution in [0.1, 0.15) is 18.0 Å². The van der Waals surface area contributed by atoms with Crippen LogP contribution in [0.15, 0.2) is 24.3 Å². The minimum Gasteiger partial charge on any atom is -0.508 e. The summed E-state index contributed by atoms with van der Waals surface area (Å²) in [5, 5.41) is 30.5. The quantitative estimate of drug-likeness (QED) is 0.707. The van der Waals surface area contributed by atoms with Crippen LogP contribution < -0.4 is 5.32 Å². The fourth-order valence-electron chi connectivity index (χ4n) is 2.15. The number of carboxylic acids is 1. The summed E-state index contributed by atoms with van der Waals surface area (Å²) in [7, 11) is 0. The maximum absolute atomic E-state index is 10.9. The molecule has 3 N–H and O–H groups in total. The number of phenolic OH excluding ortho intramolecular Hbond substituents is 1. The van der Waals surface area contributed by atoms with Gasteiger partial charge in [0.05, 0.1) is 18.0 Å². The Labute approximate surface area is 98.3 Å². The van der Waals surface area contributed by atoms with Crippen LogP contribution >= 0.6 is 0 Å². The molecule has 17 heavy (non-hydrogen) atoms. The van der Waals surface area contributed by atoms with Gasteiger partial charge in [-0.25, -0.2) is 0 Å². The number of benzene rings is 1. The van der Waals surface area contributed by atoms with Crippen LogP contribution in [0.4, 0.5) is 0 Å². The first-order chi connectivity index (χ1) is 8.13. The van der Waals surface area contributed by atoms with E-state index >= 15 is 0 Å². The van der Waals surface area contributed by atoms with Crippen LogP contribution in [0.3, 0.4) is 0 Å². The highest BCUT2D eigenvalue weighted by atomic mass is 16.4. The van der Waals surface area contributed by atoms with E-state index in [0.29, 0.717) is 5.56 Å². The number of para-hydroxylation sites is 1. The van der Waals surface area contributed by atoms with E-state index in [2.05, 4.69) is 11.4 Å². The zero-order valence-electron chi connectivity index (χ0n) is 9.00. The van der Waals surface area contributed by atoms with Gasteiger partial charge in [-0.1, -0.05) is 18.2 Å². The zero-order valence-corrected chi connectivity index (χ0v) is 9.00. The fourth-order valence-corrected chi connectivity index (χ4v) is 2.15. The molecule has 2 rings (SSSR count). The Morgan fingerprint density at radius 2 is 2.18 bits per heavy atom. The number of carboxylic acid groups (broad SMARTS) is 1. The number of carbonyl (C=O) groups is 1. The van der Waals surface area contributed by atoms with Gasteiger partial charge in [0.25, 0.3) is 0 Å². The van der Waals surface area contributed by atoms with E-state index in [1.165, 1.54) is 6.07 Å². The molecule has 1 fully saturated rings. The van der Waals surface area contributed by atoms with E-state index in [9.17, 15) is 9.90 Å². The summed E-state index contributed by atoms with van der Waals surface area (Å²) < 4.78 is 0. The topological polar surface area (TPSA) is 93.4 Å². The van der Waals surface area contributed by atoms with Gasteiger partial charge in [0.15, 0.2) is 0 Å². The van der Waals surface area contributed by atoms with E-state index in [4.69, 9.17) is 10.4 Å². The first kappa shape index (κ1) is 11.4. The molecule has 1 aliphatic rings. The Morgan fingerprint density at radius 3 is 2.76 bits per heavy atom. The molecule has 2 unspecified atom stereocenters. The van der Waals surface area contributed by atoms with E-state index in [-0.39, 0.29) is 12.2 Å². The van der Waals surface area contributed by atoms with Crippen molar-refractivity contribution in [2.24, 2.45) is 5.92 Å². The zero-order chi connectivity index (χ0) is 12.4. The molecule has 0 aromatic heterocycles. The molecular weight excluding hydrogens is 220 g/mol. The molecule has 1 aliphatic heterocycles. The normalized spacial score (nSPS) is 27.6. The number of nitrogens with zero attached hydrogens (tertiary/aromatic N) is 1. The highest BCUT2D eigenvalue weighted by Gasteiger charge is 2.39. The highest BCUT2D eigenvalue weighted by molar-refractivity contribution is 5.74. The van der Waals surface area contributed by atoms with Gasteiger partial charge < -0.3 is 10.2 Å². The second kappa shape index (κ2) is 4.44. The van der Waals surface area contributed by atoms with Crippen molar-refractivity contribution in [3.8, 4) is 11.8 Å². The molecule has 1 heterocycles. The van der Waals surface area contributed by atoms with Gasteiger partial charge in [-0.2, -0.15) is 5.26 Å². The summed E-state index contributed by atoms with van der Waals surface area (Å²) in [5.74, 6) is -1.33. The third-order valence-electron chi connectivity index (χ3n) is 3.01. The number of hydrogen-bond donors (Lipinski definition) is 3.